The SMILES string of the molecule is CC1CCCC(Nc2ccc(F)cc2[N+](=O)[O-])C1. The number of halogens is 1. The molecule has 1 aromatic carbocycles. The molecule has 0 saturated heterocycles. The van der Waals surface area contributed by atoms with E-state index in [-0.39, 0.29) is 11.7 Å². The Morgan fingerprint density at radius 2 is 2.22 bits per heavy atom. The fourth-order valence-corrected chi connectivity index (χ4v) is 2.56. The molecule has 2 unspecified atom stereocenters. The zero-order valence-corrected chi connectivity index (χ0v) is 10.4. The summed E-state index contributed by atoms with van der Waals surface area (Å²) in [6.07, 6.45) is 4.37. The number of nitrogens with zero attached hydrogens (tertiary/aromatic N) is 1. The van der Waals surface area contributed by atoms with E-state index < -0.39 is 10.7 Å². The van der Waals surface area contributed by atoms with E-state index in [1.165, 1.54) is 18.6 Å². The highest BCUT2D eigenvalue weighted by atomic mass is 19.1. The van der Waals surface area contributed by atoms with E-state index in [1.54, 1.807) is 0 Å². The zero-order chi connectivity index (χ0) is 13.1. The minimum absolute atomic E-state index is 0.187. The number of nitrogens with one attached hydrogen (secondary N) is 1. The number of nitro groups is 1. The van der Waals surface area contributed by atoms with Crippen molar-refractivity contribution in [1.82, 2.24) is 0 Å². The highest BCUT2D eigenvalue weighted by molar-refractivity contribution is 5.61. The van der Waals surface area contributed by atoms with Crippen molar-refractivity contribution in [3.8, 4) is 0 Å². The maximum atomic E-state index is 13.0. The van der Waals surface area contributed by atoms with Crippen LogP contribution in [0.5, 0.6) is 0 Å². The van der Waals surface area contributed by atoms with Gasteiger partial charge in [-0.2, -0.15) is 0 Å². The second-order valence-electron chi connectivity index (χ2n) is 5.03. The van der Waals surface area contributed by atoms with Gasteiger partial charge in [-0.25, -0.2) is 4.39 Å². The van der Waals surface area contributed by atoms with Gasteiger partial charge in [-0.05, 0) is 30.9 Å². The predicted octanol–water partition coefficient (Wildman–Crippen LogP) is 3.72. The lowest BCUT2D eigenvalue weighted by atomic mass is 9.87. The van der Waals surface area contributed by atoms with Crippen LogP contribution in [0.4, 0.5) is 15.8 Å². The second-order valence-corrected chi connectivity index (χ2v) is 5.03. The maximum Gasteiger partial charge on any atom is 0.295 e. The van der Waals surface area contributed by atoms with Gasteiger partial charge in [0.05, 0.1) is 11.0 Å². The Hall–Kier alpha value is -1.65. The van der Waals surface area contributed by atoms with Crippen LogP contribution in [-0.2, 0) is 0 Å². The largest absolute Gasteiger partial charge is 0.377 e. The van der Waals surface area contributed by atoms with Gasteiger partial charge in [-0.1, -0.05) is 19.8 Å². The monoisotopic (exact) mass is 252 g/mol. The highest BCUT2D eigenvalue weighted by Gasteiger charge is 2.22. The molecular weight excluding hydrogens is 235 g/mol. The van der Waals surface area contributed by atoms with Crippen molar-refractivity contribution in [3.63, 3.8) is 0 Å². The Bertz CT molecular complexity index is 451. The molecule has 98 valence electrons. The minimum Gasteiger partial charge on any atom is -0.377 e. The van der Waals surface area contributed by atoms with Crippen LogP contribution in [0.15, 0.2) is 18.2 Å². The molecule has 0 heterocycles. The van der Waals surface area contributed by atoms with Crippen molar-refractivity contribution >= 4 is 11.4 Å². The molecule has 0 amide bonds. The fraction of sp³-hybridized carbons (Fsp3) is 0.538. The van der Waals surface area contributed by atoms with Crippen molar-refractivity contribution in [3.05, 3.63) is 34.1 Å². The van der Waals surface area contributed by atoms with E-state index in [2.05, 4.69) is 12.2 Å². The summed E-state index contributed by atoms with van der Waals surface area (Å²) in [6.45, 7) is 2.19. The molecule has 1 aliphatic carbocycles. The Morgan fingerprint density at radius 3 is 2.89 bits per heavy atom. The van der Waals surface area contributed by atoms with Crippen LogP contribution in [-0.4, -0.2) is 11.0 Å². The first kappa shape index (κ1) is 12.8. The summed E-state index contributed by atoms with van der Waals surface area (Å²) in [7, 11) is 0. The molecule has 18 heavy (non-hydrogen) atoms. The predicted molar refractivity (Wildman–Crippen MR) is 68.1 cm³/mol. The summed E-state index contributed by atoms with van der Waals surface area (Å²) in [5, 5.41) is 14.1. The maximum absolute atomic E-state index is 13.0. The van der Waals surface area contributed by atoms with Crippen LogP contribution in [0.1, 0.15) is 32.6 Å². The van der Waals surface area contributed by atoms with Crippen LogP contribution in [0.2, 0.25) is 0 Å². The number of nitro benzene ring substituents is 1. The van der Waals surface area contributed by atoms with Crippen LogP contribution in [0, 0.1) is 21.8 Å². The lowest BCUT2D eigenvalue weighted by molar-refractivity contribution is -0.384. The van der Waals surface area contributed by atoms with Crippen molar-refractivity contribution in [2.75, 3.05) is 5.32 Å². The smallest absolute Gasteiger partial charge is 0.295 e. The average Bonchev–Trinajstić information content (AvgIpc) is 2.31. The van der Waals surface area contributed by atoms with Crippen molar-refractivity contribution < 1.29 is 9.31 Å². The quantitative estimate of drug-likeness (QED) is 0.658. The van der Waals surface area contributed by atoms with Gasteiger partial charge < -0.3 is 5.32 Å². The number of anilines is 1. The summed E-state index contributed by atoms with van der Waals surface area (Å²) in [4.78, 5) is 10.3. The summed E-state index contributed by atoms with van der Waals surface area (Å²) in [6, 6.07) is 3.92. The van der Waals surface area contributed by atoms with Gasteiger partial charge >= 0.3 is 0 Å². The molecule has 0 radical (unpaired) electrons. The Labute approximate surface area is 105 Å². The third kappa shape index (κ3) is 2.97. The van der Waals surface area contributed by atoms with E-state index in [1.807, 2.05) is 0 Å². The Morgan fingerprint density at radius 1 is 1.44 bits per heavy atom. The average molecular weight is 252 g/mol. The van der Waals surface area contributed by atoms with Gasteiger partial charge in [0.1, 0.15) is 11.5 Å². The first-order valence-electron chi connectivity index (χ1n) is 6.26. The van der Waals surface area contributed by atoms with Gasteiger partial charge in [0.25, 0.3) is 5.69 Å². The number of hydrogen-bond acceptors (Lipinski definition) is 3. The first-order valence-corrected chi connectivity index (χ1v) is 6.26. The lowest BCUT2D eigenvalue weighted by Crippen LogP contribution is -2.26. The van der Waals surface area contributed by atoms with E-state index in [9.17, 15) is 14.5 Å². The van der Waals surface area contributed by atoms with Crippen LogP contribution in [0.3, 0.4) is 0 Å². The van der Waals surface area contributed by atoms with Crippen LogP contribution < -0.4 is 5.32 Å². The van der Waals surface area contributed by atoms with Crippen molar-refractivity contribution in [2.24, 2.45) is 5.92 Å². The fourth-order valence-electron chi connectivity index (χ4n) is 2.56. The van der Waals surface area contributed by atoms with Crippen LogP contribution >= 0.6 is 0 Å². The number of benzene rings is 1. The second kappa shape index (κ2) is 5.33. The lowest BCUT2D eigenvalue weighted by Gasteiger charge is -2.28. The Kier molecular flexibility index (Phi) is 3.79. The molecule has 1 saturated carbocycles. The van der Waals surface area contributed by atoms with E-state index >= 15 is 0 Å². The molecule has 1 N–H and O–H groups in total. The Balaban J connectivity index is 2.15. The van der Waals surface area contributed by atoms with Gasteiger partial charge in [0, 0.05) is 6.04 Å². The molecule has 0 spiro atoms. The first-order chi connectivity index (χ1) is 8.56. The van der Waals surface area contributed by atoms with Crippen molar-refractivity contribution in [2.45, 2.75) is 38.6 Å². The molecule has 2 atom stereocenters. The van der Waals surface area contributed by atoms with Crippen LogP contribution in [0.25, 0.3) is 0 Å². The molecular formula is C13H17FN2O2. The molecule has 5 heteroatoms. The number of rotatable bonds is 3. The topological polar surface area (TPSA) is 55.2 Å². The van der Waals surface area contributed by atoms with E-state index in [0.29, 0.717) is 11.6 Å². The zero-order valence-electron chi connectivity index (χ0n) is 10.4. The standard InChI is InChI=1S/C13H17FN2O2/c1-9-3-2-4-11(7-9)15-12-6-5-10(14)8-13(12)16(17)18/h5-6,8-9,11,15H,2-4,7H2,1H3. The molecule has 0 bridgehead atoms. The molecule has 1 aromatic rings. The molecule has 1 fully saturated rings. The molecule has 1 aliphatic rings. The summed E-state index contributed by atoms with van der Waals surface area (Å²) >= 11 is 0. The van der Waals surface area contributed by atoms with Gasteiger partial charge in [-0.15, -0.1) is 0 Å². The third-order valence-corrected chi connectivity index (χ3v) is 3.45. The molecule has 2 rings (SSSR count). The highest BCUT2D eigenvalue weighted by Crippen LogP contribution is 2.30. The third-order valence-electron chi connectivity index (χ3n) is 3.45. The van der Waals surface area contributed by atoms with Gasteiger partial charge in [-0.3, -0.25) is 10.1 Å². The number of hydrogen-bond donors (Lipinski definition) is 1. The van der Waals surface area contributed by atoms with Gasteiger partial charge in [0.15, 0.2) is 0 Å². The summed E-state index contributed by atoms with van der Waals surface area (Å²) < 4.78 is 13.0. The van der Waals surface area contributed by atoms with E-state index in [4.69, 9.17) is 0 Å². The molecule has 0 aromatic heterocycles. The summed E-state index contributed by atoms with van der Waals surface area (Å²) in [5.74, 6) is 0.0556. The van der Waals surface area contributed by atoms with Crippen molar-refractivity contribution in [1.29, 1.82) is 0 Å². The normalized spacial score (nSPS) is 23.7. The van der Waals surface area contributed by atoms with E-state index in [0.717, 1.165) is 25.3 Å². The van der Waals surface area contributed by atoms with Gasteiger partial charge in [0.2, 0.25) is 0 Å². The summed E-state index contributed by atoms with van der Waals surface area (Å²) in [5.41, 5.74) is 0.230. The molecule has 0 aliphatic heterocycles. The molecule has 4 nitrogen and oxygen atoms in total. The minimum atomic E-state index is -0.579.